The highest BCUT2D eigenvalue weighted by Gasteiger charge is 2.15. The van der Waals surface area contributed by atoms with E-state index in [1.54, 1.807) is 0 Å². The van der Waals surface area contributed by atoms with Gasteiger partial charge in [0.25, 0.3) is 5.91 Å². The summed E-state index contributed by atoms with van der Waals surface area (Å²) in [5.74, 6) is -2.18. The van der Waals surface area contributed by atoms with E-state index in [0.717, 1.165) is 12.3 Å². The number of nitrogens with one attached hydrogen (secondary N) is 1. The topological polar surface area (TPSA) is 80.9 Å². The van der Waals surface area contributed by atoms with Crippen molar-refractivity contribution in [2.45, 2.75) is 0 Å². The maximum absolute atomic E-state index is 13.5. The fraction of sp³-hybridized carbons (Fsp3) is 0. The minimum absolute atomic E-state index is 0.0372. The van der Waals surface area contributed by atoms with E-state index in [4.69, 9.17) is 5.73 Å². The molecule has 0 saturated carbocycles. The Balaban J connectivity index is 2.26. The molecule has 0 fully saturated rings. The normalized spacial score (nSPS) is 10.3. The van der Waals surface area contributed by atoms with Crippen molar-refractivity contribution in [3.05, 3.63) is 46.3 Å². The SMILES string of the molecule is Nc1cnc(C(=O)Nc2c(F)cc(F)cc2Br)cn1. The summed E-state index contributed by atoms with van der Waals surface area (Å²) >= 11 is 2.96. The van der Waals surface area contributed by atoms with Gasteiger partial charge in [-0.1, -0.05) is 0 Å². The number of nitrogens with zero attached hydrogens (tertiary/aromatic N) is 2. The average molecular weight is 329 g/mol. The summed E-state index contributed by atoms with van der Waals surface area (Å²) in [5.41, 5.74) is 5.12. The van der Waals surface area contributed by atoms with Gasteiger partial charge in [0.2, 0.25) is 0 Å². The number of rotatable bonds is 2. The van der Waals surface area contributed by atoms with E-state index < -0.39 is 17.5 Å². The molecular weight excluding hydrogens is 322 g/mol. The quantitative estimate of drug-likeness (QED) is 0.886. The number of halogens is 3. The average Bonchev–Trinajstić information content (AvgIpc) is 2.34. The summed E-state index contributed by atoms with van der Waals surface area (Å²) in [6.07, 6.45) is 2.35. The molecule has 0 aliphatic heterocycles. The molecule has 0 saturated heterocycles. The van der Waals surface area contributed by atoms with Gasteiger partial charge in [-0.3, -0.25) is 4.79 Å². The lowest BCUT2D eigenvalue weighted by molar-refractivity contribution is 0.102. The number of hydrogen-bond donors (Lipinski definition) is 2. The van der Waals surface area contributed by atoms with Crippen molar-refractivity contribution >= 4 is 33.3 Å². The van der Waals surface area contributed by atoms with E-state index in [-0.39, 0.29) is 21.7 Å². The second-order valence-corrected chi connectivity index (χ2v) is 4.38. The Bertz CT molecular complexity index is 610. The van der Waals surface area contributed by atoms with Crippen LogP contribution in [0.4, 0.5) is 20.3 Å². The first-order valence-electron chi connectivity index (χ1n) is 5.01. The number of nitrogens with two attached hydrogens (primary N) is 1. The Morgan fingerprint density at radius 1 is 1.26 bits per heavy atom. The van der Waals surface area contributed by atoms with Crippen LogP contribution in [0.3, 0.4) is 0 Å². The van der Waals surface area contributed by atoms with E-state index in [1.165, 1.54) is 6.20 Å². The number of carbonyl (C=O) groups is 1. The van der Waals surface area contributed by atoms with Crippen molar-refractivity contribution in [3.8, 4) is 0 Å². The molecule has 1 amide bonds. The zero-order valence-electron chi connectivity index (χ0n) is 9.32. The lowest BCUT2D eigenvalue weighted by Gasteiger charge is -2.08. The van der Waals surface area contributed by atoms with E-state index >= 15 is 0 Å². The first-order valence-corrected chi connectivity index (χ1v) is 5.80. The minimum atomic E-state index is -0.899. The molecular formula is C11H7BrF2N4O. The van der Waals surface area contributed by atoms with Gasteiger partial charge in [0, 0.05) is 10.5 Å². The van der Waals surface area contributed by atoms with Crippen molar-refractivity contribution in [3.63, 3.8) is 0 Å². The number of amides is 1. The maximum Gasteiger partial charge on any atom is 0.275 e. The van der Waals surface area contributed by atoms with Gasteiger partial charge in [0.15, 0.2) is 5.82 Å². The van der Waals surface area contributed by atoms with E-state index in [0.29, 0.717) is 6.07 Å². The molecule has 5 nitrogen and oxygen atoms in total. The van der Waals surface area contributed by atoms with Crippen LogP contribution in [0.15, 0.2) is 29.0 Å². The van der Waals surface area contributed by atoms with Gasteiger partial charge in [-0.05, 0) is 22.0 Å². The molecule has 0 bridgehead atoms. The molecule has 0 aliphatic rings. The van der Waals surface area contributed by atoms with Crippen LogP contribution in [0.1, 0.15) is 10.5 Å². The second kappa shape index (κ2) is 5.27. The van der Waals surface area contributed by atoms with Gasteiger partial charge in [-0.2, -0.15) is 0 Å². The molecule has 0 unspecified atom stereocenters. The zero-order valence-corrected chi connectivity index (χ0v) is 10.9. The van der Waals surface area contributed by atoms with Crippen molar-refractivity contribution in [2.24, 2.45) is 0 Å². The summed E-state index contributed by atoms with van der Waals surface area (Å²) < 4.78 is 26.5. The van der Waals surface area contributed by atoms with Crippen molar-refractivity contribution < 1.29 is 13.6 Å². The van der Waals surface area contributed by atoms with Gasteiger partial charge in [0.05, 0.1) is 18.1 Å². The Morgan fingerprint density at radius 2 is 2.00 bits per heavy atom. The van der Waals surface area contributed by atoms with Crippen LogP contribution in [-0.2, 0) is 0 Å². The van der Waals surface area contributed by atoms with Crippen LogP contribution in [0.5, 0.6) is 0 Å². The van der Waals surface area contributed by atoms with Gasteiger partial charge < -0.3 is 11.1 Å². The molecule has 2 rings (SSSR count). The van der Waals surface area contributed by atoms with Gasteiger partial charge >= 0.3 is 0 Å². The predicted octanol–water partition coefficient (Wildman–Crippen LogP) is 2.35. The molecule has 1 aromatic carbocycles. The smallest absolute Gasteiger partial charge is 0.275 e. The molecule has 0 aliphatic carbocycles. The standard InChI is InChI=1S/C11H7BrF2N4O/c12-6-1-5(13)2-7(14)10(6)18-11(19)8-3-17-9(15)4-16-8/h1-4H,(H2,15,17)(H,18,19). The number of carbonyl (C=O) groups excluding carboxylic acids is 1. The Morgan fingerprint density at radius 3 is 2.58 bits per heavy atom. The lowest BCUT2D eigenvalue weighted by atomic mass is 10.3. The Labute approximate surface area is 115 Å². The van der Waals surface area contributed by atoms with Gasteiger partial charge in [-0.25, -0.2) is 18.7 Å². The van der Waals surface area contributed by atoms with Crippen LogP contribution in [-0.4, -0.2) is 15.9 Å². The molecule has 1 aromatic heterocycles. The third kappa shape index (κ3) is 3.02. The van der Waals surface area contributed by atoms with Crippen LogP contribution < -0.4 is 11.1 Å². The van der Waals surface area contributed by atoms with E-state index in [2.05, 4.69) is 31.2 Å². The van der Waals surface area contributed by atoms with Gasteiger partial charge in [0.1, 0.15) is 17.3 Å². The number of anilines is 2. The molecule has 0 atom stereocenters. The number of benzene rings is 1. The van der Waals surface area contributed by atoms with Crippen molar-refractivity contribution in [1.82, 2.24) is 9.97 Å². The minimum Gasteiger partial charge on any atom is -0.382 e. The van der Waals surface area contributed by atoms with Crippen LogP contribution in [0.25, 0.3) is 0 Å². The highest BCUT2D eigenvalue weighted by Crippen LogP contribution is 2.27. The number of nitrogen functional groups attached to an aromatic ring is 1. The molecule has 1 heterocycles. The molecule has 98 valence electrons. The van der Waals surface area contributed by atoms with Crippen LogP contribution in [0.2, 0.25) is 0 Å². The largest absolute Gasteiger partial charge is 0.382 e. The van der Waals surface area contributed by atoms with Crippen molar-refractivity contribution in [2.75, 3.05) is 11.1 Å². The Hall–Kier alpha value is -2.09. The lowest BCUT2D eigenvalue weighted by Crippen LogP contribution is -2.15. The highest BCUT2D eigenvalue weighted by molar-refractivity contribution is 9.10. The van der Waals surface area contributed by atoms with Gasteiger partial charge in [-0.15, -0.1) is 0 Å². The molecule has 3 N–H and O–H groups in total. The maximum atomic E-state index is 13.5. The summed E-state index contributed by atoms with van der Waals surface area (Å²) in [4.78, 5) is 19.2. The summed E-state index contributed by atoms with van der Waals surface area (Å²) in [5, 5.41) is 2.27. The predicted molar refractivity (Wildman–Crippen MR) is 68.5 cm³/mol. The molecule has 19 heavy (non-hydrogen) atoms. The number of hydrogen-bond acceptors (Lipinski definition) is 4. The molecule has 0 spiro atoms. The first kappa shape index (κ1) is 13.3. The Kier molecular flexibility index (Phi) is 3.70. The zero-order chi connectivity index (χ0) is 14.0. The van der Waals surface area contributed by atoms with Crippen LogP contribution in [0, 0.1) is 11.6 Å². The van der Waals surface area contributed by atoms with E-state index in [9.17, 15) is 13.6 Å². The third-order valence-corrected chi connectivity index (χ3v) is 2.78. The van der Waals surface area contributed by atoms with Crippen molar-refractivity contribution in [1.29, 1.82) is 0 Å². The molecule has 0 radical (unpaired) electrons. The fourth-order valence-electron chi connectivity index (χ4n) is 1.29. The highest BCUT2D eigenvalue weighted by atomic mass is 79.9. The fourth-order valence-corrected chi connectivity index (χ4v) is 1.80. The van der Waals surface area contributed by atoms with E-state index in [1.807, 2.05) is 0 Å². The summed E-state index contributed by atoms with van der Waals surface area (Å²) in [7, 11) is 0. The van der Waals surface area contributed by atoms with Crippen LogP contribution >= 0.6 is 15.9 Å². The molecule has 2 aromatic rings. The second-order valence-electron chi connectivity index (χ2n) is 3.53. The summed E-state index contributed by atoms with van der Waals surface area (Å²) in [6.45, 7) is 0. The number of aromatic nitrogens is 2. The molecule has 8 heteroatoms. The summed E-state index contributed by atoms with van der Waals surface area (Å²) in [6, 6.07) is 1.70. The first-order chi connectivity index (χ1) is 8.97. The monoisotopic (exact) mass is 328 g/mol. The third-order valence-electron chi connectivity index (χ3n) is 2.15.